The zero-order valence-corrected chi connectivity index (χ0v) is 16.9. The van der Waals surface area contributed by atoms with E-state index in [1.807, 2.05) is 0 Å². The molecule has 1 unspecified atom stereocenters. The molecular formula is C19H14ClFN3O5S+. The van der Waals surface area contributed by atoms with Crippen LogP contribution in [0.5, 0.6) is 0 Å². The van der Waals surface area contributed by atoms with Crippen molar-refractivity contribution in [3.05, 3.63) is 53.3 Å². The predicted molar refractivity (Wildman–Crippen MR) is 107 cm³/mol. The lowest BCUT2D eigenvalue weighted by atomic mass is 10.1. The van der Waals surface area contributed by atoms with Crippen molar-refractivity contribution in [2.45, 2.75) is 4.90 Å². The third kappa shape index (κ3) is 3.85. The topological polar surface area (TPSA) is 123 Å². The van der Waals surface area contributed by atoms with Gasteiger partial charge < -0.3 is 4.42 Å². The molecule has 0 aliphatic rings. The van der Waals surface area contributed by atoms with Gasteiger partial charge in [-0.2, -0.15) is 10.2 Å². The van der Waals surface area contributed by atoms with Gasteiger partial charge in [-0.1, -0.05) is 23.7 Å². The number of amides is 1. The summed E-state index contributed by atoms with van der Waals surface area (Å²) in [6, 6.07) is 8.67. The van der Waals surface area contributed by atoms with E-state index in [1.54, 1.807) is 5.92 Å². The Morgan fingerprint density at radius 3 is 2.60 bits per heavy atom. The number of hydroxylamine groups is 2. The number of nitrogens with zero attached hydrogens (tertiary/aromatic N) is 2. The smallest absolute Gasteiger partial charge is 0.392 e. The second-order valence-corrected chi connectivity index (χ2v) is 8.19. The number of quaternary nitrogens is 1. The van der Waals surface area contributed by atoms with Crippen LogP contribution in [0.15, 0.2) is 51.8 Å². The molecule has 30 heavy (non-hydrogen) atoms. The van der Waals surface area contributed by atoms with Gasteiger partial charge >= 0.3 is 11.9 Å². The molecule has 3 N–H and O–H groups in total. The van der Waals surface area contributed by atoms with Crippen molar-refractivity contribution in [3.63, 3.8) is 0 Å². The number of terminal acetylenes is 1. The lowest BCUT2D eigenvalue weighted by Crippen LogP contribution is -2.46. The second kappa shape index (κ2) is 7.64. The molecule has 154 valence electrons. The molecule has 2 aromatic carbocycles. The van der Waals surface area contributed by atoms with Gasteiger partial charge in [0.25, 0.3) is 0 Å². The summed E-state index contributed by atoms with van der Waals surface area (Å²) in [6.45, 7) is 0. The zero-order chi connectivity index (χ0) is 22.3. The van der Waals surface area contributed by atoms with Crippen molar-refractivity contribution >= 4 is 33.5 Å². The molecule has 0 bridgehead atoms. The largest absolute Gasteiger partial charge is 0.447 e. The number of rotatable bonds is 4. The summed E-state index contributed by atoms with van der Waals surface area (Å²) in [4.78, 5) is 15.8. The fourth-order valence-corrected chi connectivity index (χ4v) is 3.55. The number of carbonyl (C=O) groups is 1. The third-order valence-corrected chi connectivity index (χ3v) is 5.40. The Morgan fingerprint density at radius 1 is 1.33 bits per heavy atom. The average molecular weight is 451 g/mol. The first-order valence-corrected chi connectivity index (χ1v) is 10.1. The number of sulfonamides is 1. The molecule has 0 saturated carbocycles. The average Bonchev–Trinajstić information content (AvgIpc) is 3.15. The van der Waals surface area contributed by atoms with E-state index in [4.69, 9.17) is 27.6 Å². The van der Waals surface area contributed by atoms with Crippen molar-refractivity contribution in [2.24, 2.45) is 5.14 Å². The SMILES string of the molecule is C#CC(=O)[N+](C)(O)c1nc(-c2ccc(F)c(Cl)c2)c(-c2ccccc2S(N)(=O)=O)o1. The van der Waals surface area contributed by atoms with E-state index in [0.29, 0.717) is 0 Å². The van der Waals surface area contributed by atoms with E-state index in [0.717, 1.165) is 13.1 Å². The molecule has 0 radical (unpaired) electrons. The van der Waals surface area contributed by atoms with Crippen LogP contribution in [0.1, 0.15) is 0 Å². The van der Waals surface area contributed by atoms with Crippen LogP contribution in [0.2, 0.25) is 5.02 Å². The maximum absolute atomic E-state index is 13.6. The molecule has 0 fully saturated rings. The van der Waals surface area contributed by atoms with Gasteiger partial charge in [-0.3, -0.25) is 0 Å². The Kier molecular flexibility index (Phi) is 5.51. The number of nitrogens with two attached hydrogens (primary N) is 1. The molecular weight excluding hydrogens is 437 g/mol. The number of hydrogen-bond acceptors (Lipinski definition) is 6. The lowest BCUT2D eigenvalue weighted by Gasteiger charge is -2.13. The minimum Gasteiger partial charge on any atom is -0.392 e. The van der Waals surface area contributed by atoms with Crippen LogP contribution in [0.4, 0.5) is 10.4 Å². The van der Waals surface area contributed by atoms with Gasteiger partial charge in [0.1, 0.15) is 18.6 Å². The quantitative estimate of drug-likeness (QED) is 0.272. The van der Waals surface area contributed by atoms with Gasteiger partial charge in [0, 0.05) is 17.0 Å². The molecule has 3 aromatic rings. The second-order valence-electron chi connectivity index (χ2n) is 6.25. The number of aromatic nitrogens is 1. The summed E-state index contributed by atoms with van der Waals surface area (Å²) >= 11 is 5.85. The van der Waals surface area contributed by atoms with Crippen LogP contribution in [0.3, 0.4) is 0 Å². The van der Waals surface area contributed by atoms with Crippen LogP contribution < -0.4 is 9.79 Å². The molecule has 0 aliphatic carbocycles. The lowest BCUT2D eigenvalue weighted by molar-refractivity contribution is -0.152. The maximum atomic E-state index is 13.6. The van der Waals surface area contributed by atoms with Crippen LogP contribution in [-0.4, -0.2) is 31.6 Å². The van der Waals surface area contributed by atoms with Crippen molar-refractivity contribution < 1.29 is 27.2 Å². The molecule has 1 amide bonds. The summed E-state index contributed by atoms with van der Waals surface area (Å²) in [5.41, 5.74) is 0.206. The third-order valence-electron chi connectivity index (χ3n) is 4.14. The minimum absolute atomic E-state index is 0.00218. The van der Waals surface area contributed by atoms with Crippen molar-refractivity contribution in [3.8, 4) is 34.9 Å². The van der Waals surface area contributed by atoms with E-state index in [2.05, 4.69) is 4.98 Å². The highest BCUT2D eigenvalue weighted by Gasteiger charge is 2.40. The van der Waals surface area contributed by atoms with Crippen molar-refractivity contribution in [1.29, 1.82) is 0 Å². The normalized spacial score (nSPS) is 13.5. The number of halogens is 2. The Hall–Kier alpha value is -3.07. The van der Waals surface area contributed by atoms with E-state index in [1.165, 1.54) is 36.4 Å². The Morgan fingerprint density at radius 2 is 2.00 bits per heavy atom. The fraction of sp³-hybridized carbons (Fsp3) is 0.0526. The number of oxazole rings is 1. The molecule has 1 heterocycles. The van der Waals surface area contributed by atoms with Crippen molar-refractivity contribution in [1.82, 2.24) is 9.63 Å². The van der Waals surface area contributed by atoms with E-state index >= 15 is 0 Å². The first-order valence-electron chi connectivity index (χ1n) is 8.16. The number of carbonyl (C=O) groups excluding carboxylic acids is 1. The van der Waals surface area contributed by atoms with Gasteiger partial charge in [0.15, 0.2) is 5.76 Å². The van der Waals surface area contributed by atoms with Crippen molar-refractivity contribution in [2.75, 3.05) is 7.05 Å². The summed E-state index contributed by atoms with van der Waals surface area (Å²) in [5, 5.41) is 15.5. The molecule has 0 spiro atoms. The van der Waals surface area contributed by atoms with Crippen LogP contribution >= 0.6 is 11.6 Å². The number of hydrogen-bond donors (Lipinski definition) is 2. The Labute approximate surface area is 175 Å². The Balaban J connectivity index is 2.36. The summed E-state index contributed by atoms with van der Waals surface area (Å²) < 4.78 is 41.7. The van der Waals surface area contributed by atoms with Crippen LogP contribution in [0.25, 0.3) is 22.6 Å². The highest BCUT2D eigenvalue weighted by molar-refractivity contribution is 7.89. The molecule has 11 heteroatoms. The first-order chi connectivity index (χ1) is 14.0. The summed E-state index contributed by atoms with van der Waals surface area (Å²) in [5.74, 6) is -0.176. The molecule has 3 rings (SSSR count). The van der Waals surface area contributed by atoms with Gasteiger partial charge in [0.2, 0.25) is 10.0 Å². The monoisotopic (exact) mass is 450 g/mol. The highest BCUT2D eigenvalue weighted by Crippen LogP contribution is 2.39. The maximum Gasteiger partial charge on any atom is 0.447 e. The fourth-order valence-electron chi connectivity index (χ4n) is 2.63. The number of primary sulfonamides is 1. The summed E-state index contributed by atoms with van der Waals surface area (Å²) in [6.07, 6.45) is 5.08. The van der Waals surface area contributed by atoms with Gasteiger partial charge in [-0.25, -0.2) is 22.7 Å². The van der Waals surface area contributed by atoms with E-state index in [-0.39, 0.29) is 32.5 Å². The van der Waals surface area contributed by atoms with Gasteiger partial charge in [-0.05, 0) is 35.0 Å². The molecule has 0 aliphatic heterocycles. The zero-order valence-electron chi connectivity index (χ0n) is 15.3. The first kappa shape index (κ1) is 21.6. The van der Waals surface area contributed by atoms with Gasteiger partial charge in [-0.15, -0.1) is 6.42 Å². The number of benzene rings is 2. The highest BCUT2D eigenvalue weighted by atomic mass is 35.5. The molecule has 8 nitrogen and oxygen atoms in total. The predicted octanol–water partition coefficient (Wildman–Crippen LogP) is 2.93. The standard InChI is InChI=1S/C19H14ClFN3O5S/c1-3-16(25)24(2,26)19-23-17(11-8-9-14(21)13(20)10-11)18(29-19)12-6-4-5-7-15(12)30(22,27)28/h1,4-10,26H,2H3,(H2,22,27,28)/q+1. The van der Waals surface area contributed by atoms with E-state index in [9.17, 15) is 22.8 Å². The van der Waals surface area contributed by atoms with Crippen LogP contribution in [0, 0.1) is 18.2 Å². The molecule has 0 saturated heterocycles. The van der Waals surface area contributed by atoms with Gasteiger partial charge in [0.05, 0.1) is 9.92 Å². The van der Waals surface area contributed by atoms with Crippen LogP contribution in [-0.2, 0) is 14.8 Å². The molecule has 1 aromatic heterocycles. The minimum atomic E-state index is -4.18. The van der Waals surface area contributed by atoms with E-state index < -0.39 is 32.4 Å². The molecule has 1 atom stereocenters. The summed E-state index contributed by atoms with van der Waals surface area (Å²) in [7, 11) is -3.16. The Bertz CT molecular complexity index is 1310.